The monoisotopic (exact) mass is 305 g/mol. The average molecular weight is 306 g/mol. The molecule has 110 valence electrons. The SMILES string of the molecule is COc1ccc(CC2(c3ccccc3Cl)CNC2)cc1F. The van der Waals surface area contributed by atoms with Gasteiger partial charge < -0.3 is 10.1 Å². The molecule has 1 heterocycles. The van der Waals surface area contributed by atoms with Crippen molar-refractivity contribution in [2.24, 2.45) is 0 Å². The summed E-state index contributed by atoms with van der Waals surface area (Å²) in [5.41, 5.74) is 2.02. The Morgan fingerprint density at radius 3 is 2.57 bits per heavy atom. The van der Waals surface area contributed by atoms with E-state index in [2.05, 4.69) is 11.4 Å². The van der Waals surface area contributed by atoms with Gasteiger partial charge in [0, 0.05) is 23.5 Å². The van der Waals surface area contributed by atoms with Gasteiger partial charge in [0.05, 0.1) is 7.11 Å². The molecule has 1 saturated heterocycles. The second-order valence-electron chi connectivity index (χ2n) is 5.51. The standard InChI is InChI=1S/C17H17ClFNO/c1-21-16-7-6-12(8-15(16)19)9-17(10-20-11-17)13-4-2-3-5-14(13)18/h2-8,20H,9-11H2,1H3. The highest BCUT2D eigenvalue weighted by Crippen LogP contribution is 2.37. The highest BCUT2D eigenvalue weighted by molar-refractivity contribution is 6.31. The number of benzene rings is 2. The molecule has 0 spiro atoms. The molecule has 1 N–H and O–H groups in total. The fourth-order valence-corrected chi connectivity index (χ4v) is 3.28. The lowest BCUT2D eigenvalue weighted by atomic mass is 9.71. The van der Waals surface area contributed by atoms with Gasteiger partial charge in [-0.2, -0.15) is 0 Å². The van der Waals surface area contributed by atoms with Crippen molar-refractivity contribution < 1.29 is 9.13 Å². The summed E-state index contributed by atoms with van der Waals surface area (Å²) in [6, 6.07) is 13.0. The van der Waals surface area contributed by atoms with Crippen LogP contribution in [0.25, 0.3) is 0 Å². The molecule has 2 aromatic carbocycles. The lowest BCUT2D eigenvalue weighted by Crippen LogP contribution is -2.58. The van der Waals surface area contributed by atoms with E-state index in [4.69, 9.17) is 16.3 Å². The third-order valence-corrected chi connectivity index (χ3v) is 4.46. The van der Waals surface area contributed by atoms with E-state index in [1.54, 1.807) is 12.1 Å². The Morgan fingerprint density at radius 2 is 2.00 bits per heavy atom. The number of nitrogens with one attached hydrogen (secondary N) is 1. The molecular formula is C17H17ClFNO. The Labute approximate surface area is 128 Å². The Kier molecular flexibility index (Phi) is 3.87. The van der Waals surface area contributed by atoms with Gasteiger partial charge in [0.15, 0.2) is 11.6 Å². The van der Waals surface area contributed by atoms with Crippen LogP contribution in [0, 0.1) is 5.82 Å². The summed E-state index contributed by atoms with van der Waals surface area (Å²) in [6.07, 6.45) is 0.755. The van der Waals surface area contributed by atoms with Gasteiger partial charge in [0.2, 0.25) is 0 Å². The number of hydrogen-bond acceptors (Lipinski definition) is 2. The van der Waals surface area contributed by atoms with Crippen LogP contribution < -0.4 is 10.1 Å². The fourth-order valence-electron chi connectivity index (χ4n) is 2.94. The summed E-state index contributed by atoms with van der Waals surface area (Å²) in [5.74, 6) is -0.0473. The molecule has 2 nitrogen and oxygen atoms in total. The van der Waals surface area contributed by atoms with Gasteiger partial charge in [-0.15, -0.1) is 0 Å². The lowest BCUT2D eigenvalue weighted by Gasteiger charge is -2.44. The zero-order valence-electron chi connectivity index (χ0n) is 11.8. The van der Waals surface area contributed by atoms with Gasteiger partial charge >= 0.3 is 0 Å². The lowest BCUT2D eigenvalue weighted by molar-refractivity contribution is 0.274. The van der Waals surface area contributed by atoms with Crippen molar-refractivity contribution in [2.75, 3.05) is 20.2 Å². The van der Waals surface area contributed by atoms with Gasteiger partial charge in [0.1, 0.15) is 0 Å². The van der Waals surface area contributed by atoms with Crippen LogP contribution in [0.3, 0.4) is 0 Å². The molecule has 1 fully saturated rings. The summed E-state index contributed by atoms with van der Waals surface area (Å²) >= 11 is 6.34. The van der Waals surface area contributed by atoms with E-state index in [1.807, 2.05) is 24.3 Å². The summed E-state index contributed by atoms with van der Waals surface area (Å²) in [7, 11) is 1.47. The Morgan fingerprint density at radius 1 is 1.24 bits per heavy atom. The minimum atomic E-state index is -0.323. The molecule has 0 amide bonds. The Bertz CT molecular complexity index is 655. The molecule has 0 saturated carbocycles. The summed E-state index contributed by atoms with van der Waals surface area (Å²) in [5, 5.41) is 4.08. The molecule has 0 radical (unpaired) electrons. The predicted octanol–water partition coefficient (Wildman–Crippen LogP) is 3.57. The molecule has 4 heteroatoms. The van der Waals surface area contributed by atoms with Crippen molar-refractivity contribution in [3.05, 3.63) is 64.4 Å². The van der Waals surface area contributed by atoms with Crippen LogP contribution in [0.1, 0.15) is 11.1 Å². The van der Waals surface area contributed by atoms with E-state index in [0.29, 0.717) is 0 Å². The van der Waals surface area contributed by atoms with Crippen LogP contribution in [-0.2, 0) is 11.8 Å². The maximum absolute atomic E-state index is 13.9. The van der Waals surface area contributed by atoms with Crippen LogP contribution in [0.5, 0.6) is 5.75 Å². The number of halogens is 2. The van der Waals surface area contributed by atoms with Crippen molar-refractivity contribution >= 4 is 11.6 Å². The minimum absolute atomic E-state index is 0.0562. The van der Waals surface area contributed by atoms with Gasteiger partial charge in [-0.1, -0.05) is 35.9 Å². The molecule has 3 rings (SSSR count). The van der Waals surface area contributed by atoms with Crippen molar-refractivity contribution in [1.82, 2.24) is 5.32 Å². The number of methoxy groups -OCH3 is 1. The quantitative estimate of drug-likeness (QED) is 0.932. The molecule has 2 aromatic rings. The predicted molar refractivity (Wildman–Crippen MR) is 82.7 cm³/mol. The topological polar surface area (TPSA) is 21.3 Å². The van der Waals surface area contributed by atoms with E-state index in [-0.39, 0.29) is 17.0 Å². The second kappa shape index (κ2) is 5.66. The minimum Gasteiger partial charge on any atom is -0.494 e. The third kappa shape index (κ3) is 2.63. The second-order valence-corrected chi connectivity index (χ2v) is 5.92. The van der Waals surface area contributed by atoms with Crippen LogP contribution in [0.15, 0.2) is 42.5 Å². The Hall–Kier alpha value is -1.58. The van der Waals surface area contributed by atoms with Gasteiger partial charge in [0.25, 0.3) is 0 Å². The van der Waals surface area contributed by atoms with Crippen molar-refractivity contribution in [3.63, 3.8) is 0 Å². The maximum atomic E-state index is 13.9. The number of hydrogen-bond donors (Lipinski definition) is 1. The van der Waals surface area contributed by atoms with Crippen molar-refractivity contribution in [1.29, 1.82) is 0 Å². The molecular weight excluding hydrogens is 289 g/mol. The van der Waals surface area contributed by atoms with Crippen LogP contribution in [0.2, 0.25) is 5.02 Å². The number of ether oxygens (including phenoxy) is 1. The largest absolute Gasteiger partial charge is 0.494 e. The summed E-state index contributed by atoms with van der Waals surface area (Å²) in [4.78, 5) is 0. The summed E-state index contributed by atoms with van der Waals surface area (Å²) in [6.45, 7) is 1.70. The van der Waals surface area contributed by atoms with Crippen LogP contribution in [0.4, 0.5) is 4.39 Å². The van der Waals surface area contributed by atoms with Crippen LogP contribution >= 0.6 is 11.6 Å². The van der Waals surface area contributed by atoms with Gasteiger partial charge in [-0.25, -0.2) is 4.39 Å². The maximum Gasteiger partial charge on any atom is 0.165 e. The van der Waals surface area contributed by atoms with Crippen molar-refractivity contribution in [2.45, 2.75) is 11.8 Å². The smallest absolute Gasteiger partial charge is 0.165 e. The first-order valence-corrected chi connectivity index (χ1v) is 7.31. The summed E-state index contributed by atoms with van der Waals surface area (Å²) < 4.78 is 18.8. The highest BCUT2D eigenvalue weighted by atomic mass is 35.5. The van der Waals surface area contributed by atoms with E-state index in [0.717, 1.165) is 35.7 Å². The Balaban J connectivity index is 1.91. The normalized spacial score (nSPS) is 16.3. The molecule has 1 aliphatic rings. The highest BCUT2D eigenvalue weighted by Gasteiger charge is 2.40. The third-order valence-electron chi connectivity index (χ3n) is 4.13. The first-order valence-electron chi connectivity index (χ1n) is 6.93. The van der Waals surface area contributed by atoms with Crippen LogP contribution in [-0.4, -0.2) is 20.2 Å². The fraction of sp³-hybridized carbons (Fsp3) is 0.294. The molecule has 21 heavy (non-hydrogen) atoms. The first-order chi connectivity index (χ1) is 10.1. The number of rotatable bonds is 4. The zero-order chi connectivity index (χ0) is 14.9. The first kappa shape index (κ1) is 14.4. The molecule has 0 bridgehead atoms. The molecule has 1 aliphatic heterocycles. The molecule has 0 unspecified atom stereocenters. The average Bonchev–Trinajstić information content (AvgIpc) is 2.44. The van der Waals surface area contributed by atoms with E-state index in [9.17, 15) is 4.39 Å². The van der Waals surface area contributed by atoms with Gasteiger partial charge in [-0.05, 0) is 35.7 Å². The van der Waals surface area contributed by atoms with E-state index in [1.165, 1.54) is 7.11 Å². The van der Waals surface area contributed by atoms with Gasteiger partial charge in [-0.3, -0.25) is 0 Å². The van der Waals surface area contributed by atoms with E-state index >= 15 is 0 Å². The molecule has 0 aliphatic carbocycles. The molecule has 0 atom stereocenters. The van der Waals surface area contributed by atoms with Crippen molar-refractivity contribution in [3.8, 4) is 5.75 Å². The molecule has 0 aromatic heterocycles. The zero-order valence-corrected chi connectivity index (χ0v) is 12.6. The van der Waals surface area contributed by atoms with E-state index < -0.39 is 0 Å².